The number of halogens is 1. The molecule has 1 fully saturated rings. The van der Waals surface area contributed by atoms with E-state index >= 15 is 4.39 Å². The van der Waals surface area contributed by atoms with E-state index in [0.717, 1.165) is 11.8 Å². The summed E-state index contributed by atoms with van der Waals surface area (Å²) in [5, 5.41) is 19.8. The smallest absolute Gasteiger partial charge is 0.341 e. The number of imidazole rings is 1. The van der Waals surface area contributed by atoms with Gasteiger partial charge in [-0.3, -0.25) is 9.69 Å². The zero-order valence-corrected chi connectivity index (χ0v) is 18.7. The number of benzene rings is 1. The Hall–Kier alpha value is -3.24. The Morgan fingerprint density at radius 2 is 1.91 bits per heavy atom. The summed E-state index contributed by atoms with van der Waals surface area (Å²) in [6.07, 6.45) is 4.37. The Labute approximate surface area is 190 Å². The summed E-state index contributed by atoms with van der Waals surface area (Å²) in [6, 6.07) is 2.78. The highest BCUT2D eigenvalue weighted by Gasteiger charge is 2.23. The molecule has 2 aromatic heterocycles. The van der Waals surface area contributed by atoms with Crippen LogP contribution < -0.4 is 10.3 Å². The first-order chi connectivity index (χ1) is 15.8. The summed E-state index contributed by atoms with van der Waals surface area (Å²) in [6.45, 7) is 7.64. The minimum atomic E-state index is -1.32. The Morgan fingerprint density at radius 1 is 1.18 bits per heavy atom. The minimum Gasteiger partial charge on any atom is -0.477 e. The number of pyridine rings is 1. The van der Waals surface area contributed by atoms with Crippen LogP contribution >= 0.6 is 0 Å². The van der Waals surface area contributed by atoms with Crippen molar-refractivity contribution >= 4 is 22.6 Å². The molecule has 9 nitrogen and oxygen atoms in total. The number of β-amino-alcohol motifs (C(OH)–C–C–N with tert-alkyl or cyclic N) is 1. The van der Waals surface area contributed by atoms with Crippen LogP contribution in [-0.2, 0) is 13.1 Å². The van der Waals surface area contributed by atoms with Gasteiger partial charge in [0.15, 0.2) is 0 Å². The topological polar surface area (TPSA) is 104 Å². The van der Waals surface area contributed by atoms with E-state index in [1.807, 2.05) is 29.5 Å². The molecule has 1 aliphatic heterocycles. The second kappa shape index (κ2) is 9.32. The predicted octanol–water partition coefficient (Wildman–Crippen LogP) is 1.55. The normalized spacial score (nSPS) is 15.8. The quantitative estimate of drug-likeness (QED) is 0.555. The molecule has 1 aliphatic rings. The van der Waals surface area contributed by atoms with Crippen molar-refractivity contribution in [2.45, 2.75) is 33.0 Å². The highest BCUT2D eigenvalue weighted by Crippen LogP contribution is 2.26. The monoisotopic (exact) mass is 457 g/mol. The molecular weight excluding hydrogens is 429 g/mol. The summed E-state index contributed by atoms with van der Waals surface area (Å²) in [4.78, 5) is 32.2. The number of aromatic carboxylic acids is 1. The van der Waals surface area contributed by atoms with Crippen molar-refractivity contribution in [1.29, 1.82) is 0 Å². The van der Waals surface area contributed by atoms with E-state index in [4.69, 9.17) is 0 Å². The lowest BCUT2D eigenvalue weighted by Gasteiger charge is -2.37. The molecule has 1 aromatic carbocycles. The number of fused-ring (bicyclic) bond motifs is 1. The first-order valence-electron chi connectivity index (χ1n) is 11.0. The van der Waals surface area contributed by atoms with Crippen molar-refractivity contribution in [3.63, 3.8) is 0 Å². The van der Waals surface area contributed by atoms with E-state index < -0.39 is 23.3 Å². The van der Waals surface area contributed by atoms with Crippen LogP contribution in [0.4, 0.5) is 10.1 Å². The van der Waals surface area contributed by atoms with Crippen molar-refractivity contribution in [3.05, 3.63) is 58.2 Å². The van der Waals surface area contributed by atoms with Gasteiger partial charge in [0.25, 0.3) is 0 Å². The predicted molar refractivity (Wildman–Crippen MR) is 122 cm³/mol. The molecule has 0 aliphatic carbocycles. The summed E-state index contributed by atoms with van der Waals surface area (Å²) in [5.74, 6) is -1.87. The Kier molecular flexibility index (Phi) is 6.48. The molecule has 2 N–H and O–H groups in total. The molecule has 0 bridgehead atoms. The van der Waals surface area contributed by atoms with E-state index in [1.165, 1.54) is 6.20 Å². The molecule has 0 radical (unpaired) electrons. The number of aryl methyl sites for hydroxylation is 2. The fraction of sp³-hybridized carbons (Fsp3) is 0.435. The van der Waals surface area contributed by atoms with Crippen LogP contribution in [0.15, 0.2) is 35.6 Å². The van der Waals surface area contributed by atoms with Crippen LogP contribution in [0.5, 0.6) is 0 Å². The van der Waals surface area contributed by atoms with Crippen LogP contribution in [0, 0.1) is 12.7 Å². The maximum atomic E-state index is 15.0. The summed E-state index contributed by atoms with van der Waals surface area (Å²) in [7, 11) is 0. The van der Waals surface area contributed by atoms with Gasteiger partial charge >= 0.3 is 5.97 Å². The number of hydrogen-bond acceptors (Lipinski definition) is 6. The fourth-order valence-electron chi connectivity index (χ4n) is 4.40. The van der Waals surface area contributed by atoms with Crippen LogP contribution in [0.2, 0.25) is 0 Å². The molecule has 0 spiro atoms. The van der Waals surface area contributed by atoms with Crippen molar-refractivity contribution in [3.8, 4) is 0 Å². The van der Waals surface area contributed by atoms with Crippen LogP contribution in [-0.4, -0.2) is 74.0 Å². The second-order valence-electron chi connectivity index (χ2n) is 8.44. The molecule has 3 heterocycles. The van der Waals surface area contributed by atoms with E-state index in [2.05, 4.69) is 9.88 Å². The zero-order chi connectivity index (χ0) is 23.7. The number of aliphatic hydroxyl groups excluding tert-OH is 1. The van der Waals surface area contributed by atoms with E-state index in [1.54, 1.807) is 17.0 Å². The van der Waals surface area contributed by atoms with Crippen LogP contribution in [0.1, 0.15) is 23.0 Å². The SMILES string of the molecule is CCn1cc(C(=O)O)c(=O)c2cc(F)c(N3CCN(CC(O)Cn4cnc(C)c4)CC3)cc21. The molecule has 176 valence electrons. The number of rotatable bonds is 7. The first-order valence-corrected chi connectivity index (χ1v) is 11.0. The standard InChI is InChI=1S/C23H28FN5O4/c1-3-28-13-18(23(32)33)22(31)17-8-19(24)21(9-20(17)28)29-6-4-26(5-7-29)11-16(30)12-27-10-15(2)25-14-27/h8-10,13-14,16,30H,3-7,11-12H2,1-2H3,(H,32,33). The average Bonchev–Trinajstić information content (AvgIpc) is 3.18. The molecule has 1 unspecified atom stereocenters. The lowest BCUT2D eigenvalue weighted by atomic mass is 10.1. The number of piperazine rings is 1. The van der Waals surface area contributed by atoms with Crippen molar-refractivity contribution < 1.29 is 19.4 Å². The summed E-state index contributed by atoms with van der Waals surface area (Å²) < 4.78 is 18.5. The van der Waals surface area contributed by atoms with E-state index in [-0.39, 0.29) is 10.9 Å². The maximum absolute atomic E-state index is 15.0. The van der Waals surface area contributed by atoms with Gasteiger partial charge in [-0.1, -0.05) is 0 Å². The van der Waals surface area contributed by atoms with Gasteiger partial charge in [-0.2, -0.15) is 0 Å². The first kappa shape index (κ1) is 22.9. The molecule has 4 rings (SSSR count). The zero-order valence-electron chi connectivity index (χ0n) is 18.7. The van der Waals surface area contributed by atoms with Crippen LogP contribution in [0.25, 0.3) is 10.9 Å². The molecule has 3 aromatic rings. The number of carbonyl (C=O) groups is 1. The van der Waals surface area contributed by atoms with Crippen LogP contribution in [0.3, 0.4) is 0 Å². The molecular formula is C23H28FN5O4. The summed E-state index contributed by atoms with van der Waals surface area (Å²) >= 11 is 0. The molecule has 0 saturated carbocycles. The van der Waals surface area contributed by atoms with Gasteiger partial charge in [-0.05, 0) is 26.0 Å². The third-order valence-corrected chi connectivity index (χ3v) is 6.09. The van der Waals surface area contributed by atoms with Crippen molar-refractivity contribution in [2.75, 3.05) is 37.6 Å². The minimum absolute atomic E-state index is 0.0643. The highest BCUT2D eigenvalue weighted by molar-refractivity contribution is 5.93. The average molecular weight is 458 g/mol. The number of anilines is 1. The largest absolute Gasteiger partial charge is 0.477 e. The Balaban J connectivity index is 1.48. The lowest BCUT2D eigenvalue weighted by molar-refractivity contribution is 0.0694. The third kappa shape index (κ3) is 4.76. The Morgan fingerprint density at radius 3 is 2.52 bits per heavy atom. The van der Waals surface area contributed by atoms with Gasteiger partial charge in [0.2, 0.25) is 5.43 Å². The van der Waals surface area contributed by atoms with Gasteiger partial charge in [-0.15, -0.1) is 0 Å². The van der Waals surface area contributed by atoms with E-state index in [9.17, 15) is 19.8 Å². The molecule has 0 amide bonds. The molecule has 10 heteroatoms. The third-order valence-electron chi connectivity index (χ3n) is 6.09. The lowest BCUT2D eigenvalue weighted by Crippen LogP contribution is -2.49. The highest BCUT2D eigenvalue weighted by atomic mass is 19.1. The number of carboxylic acids is 1. The summed E-state index contributed by atoms with van der Waals surface area (Å²) in [5.41, 5.74) is 0.758. The Bertz CT molecular complexity index is 1230. The number of aliphatic hydroxyl groups is 1. The second-order valence-corrected chi connectivity index (χ2v) is 8.44. The number of hydrogen-bond donors (Lipinski definition) is 2. The number of aromatic nitrogens is 3. The maximum Gasteiger partial charge on any atom is 0.341 e. The van der Waals surface area contributed by atoms with Gasteiger partial charge in [-0.25, -0.2) is 14.2 Å². The molecule has 33 heavy (non-hydrogen) atoms. The van der Waals surface area contributed by atoms with Gasteiger partial charge in [0.1, 0.15) is 11.4 Å². The van der Waals surface area contributed by atoms with E-state index in [0.29, 0.717) is 57.0 Å². The fourth-order valence-corrected chi connectivity index (χ4v) is 4.40. The van der Waals surface area contributed by atoms with Crippen molar-refractivity contribution in [1.82, 2.24) is 19.0 Å². The molecule has 1 atom stereocenters. The van der Waals surface area contributed by atoms with Crippen molar-refractivity contribution in [2.24, 2.45) is 0 Å². The number of nitrogens with zero attached hydrogens (tertiary/aromatic N) is 5. The van der Waals surface area contributed by atoms with Gasteiger partial charge in [0, 0.05) is 57.0 Å². The number of carboxylic acid groups (broad SMARTS) is 1. The molecule has 1 saturated heterocycles. The van der Waals surface area contributed by atoms with Gasteiger partial charge in [0.05, 0.1) is 35.9 Å². The van der Waals surface area contributed by atoms with Gasteiger partial charge < -0.3 is 24.2 Å².